The molecule has 0 aliphatic heterocycles. The summed E-state index contributed by atoms with van der Waals surface area (Å²) in [5, 5.41) is 7.13. The van der Waals surface area contributed by atoms with E-state index in [0.717, 1.165) is 0 Å². The molecule has 8 heteroatoms. The Kier molecular flexibility index (Phi) is 6.33. The minimum Gasteiger partial charge on any atom is -0.497 e. The summed E-state index contributed by atoms with van der Waals surface area (Å²) in [6.07, 6.45) is 0.687. The molecule has 0 aliphatic rings. The van der Waals surface area contributed by atoms with E-state index in [1.165, 1.54) is 12.1 Å². The maximum Gasteiger partial charge on any atom is 0.290 e. The van der Waals surface area contributed by atoms with Gasteiger partial charge in [-0.2, -0.15) is 0 Å². The standard InChI is InChI=1S/C20H21FN4O3/c1-27-13-3-12-22-20(26)18-23-19(14-4-6-15(21)7-5-14)25(24-18)16-8-10-17(28-2)11-9-16/h4-11H,3,12-13H2,1-2H3,(H,22,26). The second-order valence-electron chi connectivity index (χ2n) is 5.98. The fourth-order valence-electron chi connectivity index (χ4n) is 2.60. The lowest BCUT2D eigenvalue weighted by Crippen LogP contribution is -2.26. The maximum absolute atomic E-state index is 13.3. The van der Waals surface area contributed by atoms with Crippen LogP contribution in [0.3, 0.4) is 0 Å². The van der Waals surface area contributed by atoms with Crippen molar-refractivity contribution >= 4 is 5.91 Å². The molecule has 3 rings (SSSR count). The SMILES string of the molecule is COCCCNC(=O)c1nc(-c2ccc(F)cc2)n(-c2ccc(OC)cc2)n1. The summed E-state index contributed by atoms with van der Waals surface area (Å²) in [5.74, 6) is 0.435. The number of methoxy groups -OCH3 is 2. The summed E-state index contributed by atoms with van der Waals surface area (Å²) >= 11 is 0. The predicted octanol–water partition coefficient (Wildman–Crippen LogP) is 2.85. The minimum atomic E-state index is -0.383. The highest BCUT2D eigenvalue weighted by molar-refractivity contribution is 5.91. The molecule has 146 valence electrons. The van der Waals surface area contributed by atoms with Crippen molar-refractivity contribution in [3.63, 3.8) is 0 Å². The molecule has 0 saturated heterocycles. The molecule has 2 aromatic carbocycles. The van der Waals surface area contributed by atoms with Gasteiger partial charge >= 0.3 is 0 Å². The van der Waals surface area contributed by atoms with E-state index in [4.69, 9.17) is 9.47 Å². The number of rotatable bonds is 8. The third kappa shape index (κ3) is 4.52. The highest BCUT2D eigenvalue weighted by Crippen LogP contribution is 2.23. The van der Waals surface area contributed by atoms with Gasteiger partial charge in [-0.05, 0) is 55.0 Å². The summed E-state index contributed by atoms with van der Waals surface area (Å²) < 4.78 is 25.0. The number of aromatic nitrogens is 3. The molecule has 0 spiro atoms. The van der Waals surface area contributed by atoms with Crippen molar-refractivity contribution in [2.45, 2.75) is 6.42 Å². The number of carbonyl (C=O) groups excluding carboxylic acids is 1. The highest BCUT2D eigenvalue weighted by atomic mass is 19.1. The van der Waals surface area contributed by atoms with Crippen LogP contribution in [0.25, 0.3) is 17.1 Å². The first kappa shape index (κ1) is 19.5. The molecule has 28 heavy (non-hydrogen) atoms. The molecule has 0 aliphatic carbocycles. The van der Waals surface area contributed by atoms with Crippen LogP contribution in [0.1, 0.15) is 17.0 Å². The topological polar surface area (TPSA) is 78.3 Å². The number of hydrogen-bond acceptors (Lipinski definition) is 5. The Morgan fingerprint density at radius 2 is 1.82 bits per heavy atom. The van der Waals surface area contributed by atoms with Gasteiger partial charge in [-0.15, -0.1) is 5.10 Å². The van der Waals surface area contributed by atoms with E-state index in [0.29, 0.717) is 42.4 Å². The number of nitrogens with zero attached hydrogens (tertiary/aromatic N) is 3. The summed E-state index contributed by atoms with van der Waals surface area (Å²) in [6.45, 7) is 1.00. The first-order valence-corrected chi connectivity index (χ1v) is 8.77. The lowest BCUT2D eigenvalue weighted by molar-refractivity contribution is 0.0938. The third-order valence-corrected chi connectivity index (χ3v) is 4.04. The van der Waals surface area contributed by atoms with E-state index in [2.05, 4.69) is 15.4 Å². The van der Waals surface area contributed by atoms with E-state index >= 15 is 0 Å². The largest absolute Gasteiger partial charge is 0.497 e. The van der Waals surface area contributed by atoms with E-state index in [9.17, 15) is 9.18 Å². The molecule has 7 nitrogen and oxygen atoms in total. The second-order valence-corrected chi connectivity index (χ2v) is 5.98. The predicted molar refractivity (Wildman–Crippen MR) is 102 cm³/mol. The van der Waals surface area contributed by atoms with Crippen LogP contribution in [0.4, 0.5) is 4.39 Å². The van der Waals surface area contributed by atoms with Gasteiger partial charge in [0.2, 0.25) is 5.82 Å². The summed E-state index contributed by atoms with van der Waals surface area (Å²) in [7, 11) is 3.19. The van der Waals surface area contributed by atoms with Crippen LogP contribution in [-0.2, 0) is 4.74 Å². The molecule has 0 radical (unpaired) electrons. The summed E-state index contributed by atoms with van der Waals surface area (Å²) in [4.78, 5) is 16.8. The lowest BCUT2D eigenvalue weighted by Gasteiger charge is -2.07. The first-order valence-electron chi connectivity index (χ1n) is 8.77. The van der Waals surface area contributed by atoms with Gasteiger partial charge in [-0.25, -0.2) is 14.1 Å². The Bertz CT molecular complexity index is 924. The number of hydrogen-bond donors (Lipinski definition) is 1. The van der Waals surface area contributed by atoms with Crippen LogP contribution < -0.4 is 10.1 Å². The quantitative estimate of drug-likeness (QED) is 0.604. The number of halogens is 1. The number of nitrogens with one attached hydrogen (secondary N) is 1. The number of benzene rings is 2. The van der Waals surface area contributed by atoms with Gasteiger partial charge in [0.15, 0.2) is 5.82 Å². The summed E-state index contributed by atoms with van der Waals surface area (Å²) in [5.41, 5.74) is 1.34. The number of carbonyl (C=O) groups is 1. The average Bonchev–Trinajstić information content (AvgIpc) is 3.17. The molecule has 3 aromatic rings. The van der Waals surface area contributed by atoms with Crippen molar-refractivity contribution in [1.29, 1.82) is 0 Å². The van der Waals surface area contributed by atoms with Crippen molar-refractivity contribution in [3.8, 4) is 22.8 Å². The maximum atomic E-state index is 13.3. The van der Waals surface area contributed by atoms with Crippen LogP contribution in [0.5, 0.6) is 5.75 Å². The third-order valence-electron chi connectivity index (χ3n) is 4.04. The molecule has 0 unspecified atom stereocenters. The minimum absolute atomic E-state index is 0.0348. The monoisotopic (exact) mass is 384 g/mol. The molecular formula is C20H21FN4O3. The van der Waals surface area contributed by atoms with Gasteiger partial charge < -0.3 is 14.8 Å². The van der Waals surface area contributed by atoms with Crippen molar-refractivity contribution in [3.05, 3.63) is 60.2 Å². The van der Waals surface area contributed by atoms with Crippen LogP contribution in [0.2, 0.25) is 0 Å². The first-order chi connectivity index (χ1) is 13.6. The molecule has 0 fully saturated rings. The lowest BCUT2D eigenvalue weighted by atomic mass is 10.2. The summed E-state index contributed by atoms with van der Waals surface area (Å²) in [6, 6.07) is 13.1. The average molecular weight is 384 g/mol. The Morgan fingerprint density at radius 3 is 2.46 bits per heavy atom. The van der Waals surface area contributed by atoms with E-state index < -0.39 is 0 Å². The van der Waals surface area contributed by atoms with Crippen LogP contribution in [-0.4, -0.2) is 48.0 Å². The Balaban J connectivity index is 1.94. The van der Waals surface area contributed by atoms with Gasteiger partial charge in [0.25, 0.3) is 5.91 Å². The van der Waals surface area contributed by atoms with Crippen molar-refractivity contribution in [2.24, 2.45) is 0 Å². The highest BCUT2D eigenvalue weighted by Gasteiger charge is 2.18. The van der Waals surface area contributed by atoms with E-state index in [1.807, 2.05) is 0 Å². The molecule has 0 saturated carbocycles. The molecule has 0 bridgehead atoms. The molecule has 1 heterocycles. The van der Waals surface area contributed by atoms with Gasteiger partial charge in [0.05, 0.1) is 12.8 Å². The zero-order valence-corrected chi connectivity index (χ0v) is 15.7. The van der Waals surface area contributed by atoms with Gasteiger partial charge in [0.1, 0.15) is 11.6 Å². The van der Waals surface area contributed by atoms with Crippen molar-refractivity contribution in [1.82, 2.24) is 20.1 Å². The molecule has 0 atom stereocenters. The Hall–Kier alpha value is -3.26. The fraction of sp³-hybridized carbons (Fsp3) is 0.250. The van der Waals surface area contributed by atoms with Gasteiger partial charge in [-0.3, -0.25) is 4.79 Å². The molecule has 1 amide bonds. The second kappa shape index (κ2) is 9.09. The molecule has 1 N–H and O–H groups in total. The number of amides is 1. The van der Waals surface area contributed by atoms with Crippen molar-refractivity contribution < 1.29 is 18.7 Å². The van der Waals surface area contributed by atoms with E-state index in [1.54, 1.807) is 55.3 Å². The normalized spacial score (nSPS) is 10.7. The fourth-order valence-corrected chi connectivity index (χ4v) is 2.60. The van der Waals surface area contributed by atoms with Gasteiger partial charge in [-0.1, -0.05) is 0 Å². The van der Waals surface area contributed by atoms with Crippen molar-refractivity contribution in [2.75, 3.05) is 27.4 Å². The Labute approximate surface area is 162 Å². The van der Waals surface area contributed by atoms with Crippen LogP contribution >= 0.6 is 0 Å². The van der Waals surface area contributed by atoms with E-state index in [-0.39, 0.29) is 17.5 Å². The smallest absolute Gasteiger partial charge is 0.290 e. The molecule has 1 aromatic heterocycles. The van der Waals surface area contributed by atoms with Gasteiger partial charge in [0, 0.05) is 25.8 Å². The van der Waals surface area contributed by atoms with Crippen LogP contribution in [0.15, 0.2) is 48.5 Å². The zero-order chi connectivity index (χ0) is 19.9. The number of ether oxygens (including phenoxy) is 2. The van der Waals surface area contributed by atoms with Crippen LogP contribution in [0, 0.1) is 5.82 Å². The Morgan fingerprint density at radius 1 is 1.11 bits per heavy atom. The zero-order valence-electron chi connectivity index (χ0n) is 15.7. The molecular weight excluding hydrogens is 363 g/mol.